The van der Waals surface area contributed by atoms with Crippen molar-refractivity contribution in [1.82, 2.24) is 9.62 Å². The molecule has 128 valence electrons. The summed E-state index contributed by atoms with van der Waals surface area (Å²) in [6, 6.07) is 3.99. The lowest BCUT2D eigenvalue weighted by Crippen LogP contribution is -2.39. The number of halogens is 3. The summed E-state index contributed by atoms with van der Waals surface area (Å²) in [5.74, 6) is 0. The molecule has 2 saturated heterocycles. The second kappa shape index (κ2) is 5.75. The van der Waals surface area contributed by atoms with E-state index in [0.29, 0.717) is 13.1 Å². The van der Waals surface area contributed by atoms with Crippen LogP contribution in [0.15, 0.2) is 29.2 Å². The number of hydrogen-bond acceptors (Lipinski definition) is 3. The minimum atomic E-state index is -4.55. The highest BCUT2D eigenvalue weighted by Crippen LogP contribution is 2.41. The molecule has 1 aromatic carbocycles. The van der Waals surface area contributed by atoms with E-state index in [1.54, 1.807) is 0 Å². The fraction of sp³-hybridized carbons (Fsp3) is 0.600. The molecule has 1 N–H and O–H groups in total. The first-order valence-electron chi connectivity index (χ1n) is 7.61. The van der Waals surface area contributed by atoms with Crippen molar-refractivity contribution in [2.45, 2.75) is 30.3 Å². The van der Waals surface area contributed by atoms with Crippen molar-refractivity contribution in [2.75, 3.05) is 26.2 Å². The molecule has 0 saturated carbocycles. The molecule has 2 fully saturated rings. The second-order valence-corrected chi connectivity index (χ2v) is 8.30. The molecule has 2 aliphatic rings. The highest BCUT2D eigenvalue weighted by atomic mass is 32.2. The van der Waals surface area contributed by atoms with Crippen molar-refractivity contribution < 1.29 is 21.6 Å². The van der Waals surface area contributed by atoms with E-state index in [-0.39, 0.29) is 10.3 Å². The van der Waals surface area contributed by atoms with Crippen LogP contribution in [0.1, 0.15) is 24.8 Å². The Balaban J connectivity index is 1.85. The molecule has 1 spiro atoms. The fourth-order valence-electron chi connectivity index (χ4n) is 3.45. The summed E-state index contributed by atoms with van der Waals surface area (Å²) in [6.45, 7) is 2.49. The second-order valence-electron chi connectivity index (χ2n) is 6.36. The molecule has 0 aliphatic carbocycles. The molecule has 0 bridgehead atoms. The van der Waals surface area contributed by atoms with E-state index < -0.39 is 21.8 Å². The van der Waals surface area contributed by atoms with Gasteiger partial charge in [0.2, 0.25) is 10.0 Å². The number of alkyl halides is 3. The van der Waals surface area contributed by atoms with Crippen molar-refractivity contribution in [3.05, 3.63) is 29.8 Å². The molecule has 23 heavy (non-hydrogen) atoms. The standard InChI is InChI=1S/C15H19F3N2O2S/c16-15(17,18)12-2-1-3-13(10-12)23(21,22)20-9-6-14(11-20)4-7-19-8-5-14/h1-3,10,19H,4-9,11H2. The van der Waals surface area contributed by atoms with Gasteiger partial charge in [-0.3, -0.25) is 0 Å². The van der Waals surface area contributed by atoms with Gasteiger partial charge in [0.25, 0.3) is 0 Å². The number of piperidine rings is 1. The van der Waals surface area contributed by atoms with E-state index in [1.807, 2.05) is 0 Å². The van der Waals surface area contributed by atoms with Crippen LogP contribution in [0.5, 0.6) is 0 Å². The minimum Gasteiger partial charge on any atom is -0.317 e. The van der Waals surface area contributed by atoms with Gasteiger partial charge < -0.3 is 5.32 Å². The van der Waals surface area contributed by atoms with E-state index >= 15 is 0 Å². The zero-order valence-electron chi connectivity index (χ0n) is 12.6. The first kappa shape index (κ1) is 16.7. The van der Waals surface area contributed by atoms with Crippen LogP contribution in [0.4, 0.5) is 13.2 Å². The molecule has 0 aromatic heterocycles. The Morgan fingerprint density at radius 1 is 1.13 bits per heavy atom. The predicted octanol–water partition coefficient (Wildman–Crippen LogP) is 2.47. The molecule has 8 heteroatoms. The Morgan fingerprint density at radius 3 is 2.48 bits per heavy atom. The van der Waals surface area contributed by atoms with Crippen LogP contribution in [0.3, 0.4) is 0 Å². The lowest BCUT2D eigenvalue weighted by atomic mass is 9.78. The summed E-state index contributed by atoms with van der Waals surface area (Å²) < 4.78 is 65.1. The number of rotatable bonds is 2. The fourth-order valence-corrected chi connectivity index (χ4v) is 5.05. The van der Waals surface area contributed by atoms with Crippen LogP contribution < -0.4 is 5.32 Å². The molecule has 2 heterocycles. The maximum atomic E-state index is 12.8. The number of sulfonamides is 1. The first-order chi connectivity index (χ1) is 10.7. The lowest BCUT2D eigenvalue weighted by molar-refractivity contribution is -0.137. The maximum Gasteiger partial charge on any atom is 0.416 e. The largest absolute Gasteiger partial charge is 0.416 e. The lowest BCUT2D eigenvalue weighted by Gasteiger charge is -2.33. The van der Waals surface area contributed by atoms with Crippen LogP contribution in [-0.2, 0) is 16.2 Å². The van der Waals surface area contributed by atoms with Crippen LogP contribution in [-0.4, -0.2) is 38.9 Å². The van der Waals surface area contributed by atoms with Crippen LogP contribution >= 0.6 is 0 Å². The summed E-state index contributed by atoms with van der Waals surface area (Å²) in [4.78, 5) is -0.279. The molecular formula is C15H19F3N2O2S. The van der Waals surface area contributed by atoms with Gasteiger partial charge in [0.05, 0.1) is 10.5 Å². The third-order valence-corrected chi connectivity index (χ3v) is 6.71. The van der Waals surface area contributed by atoms with Gasteiger partial charge in [0, 0.05) is 13.1 Å². The van der Waals surface area contributed by atoms with Gasteiger partial charge in [0.1, 0.15) is 0 Å². The van der Waals surface area contributed by atoms with E-state index in [2.05, 4.69) is 5.32 Å². The monoisotopic (exact) mass is 348 g/mol. The zero-order chi connectivity index (χ0) is 16.7. The molecule has 0 unspecified atom stereocenters. The Bertz CT molecular complexity index is 682. The Kier molecular flexibility index (Phi) is 4.18. The van der Waals surface area contributed by atoms with Gasteiger partial charge >= 0.3 is 6.18 Å². The first-order valence-corrected chi connectivity index (χ1v) is 9.05. The van der Waals surface area contributed by atoms with Gasteiger partial charge in [-0.1, -0.05) is 6.07 Å². The van der Waals surface area contributed by atoms with Crippen molar-refractivity contribution >= 4 is 10.0 Å². The predicted molar refractivity (Wildman–Crippen MR) is 79.4 cm³/mol. The normalized spacial score (nSPS) is 22.6. The third kappa shape index (κ3) is 3.25. The van der Waals surface area contributed by atoms with E-state index in [1.165, 1.54) is 10.4 Å². The highest BCUT2D eigenvalue weighted by molar-refractivity contribution is 7.89. The number of hydrogen-bond donors (Lipinski definition) is 1. The maximum absolute atomic E-state index is 12.8. The molecular weight excluding hydrogens is 329 g/mol. The van der Waals surface area contributed by atoms with Gasteiger partial charge in [-0.2, -0.15) is 17.5 Å². The van der Waals surface area contributed by atoms with Gasteiger partial charge in [0.15, 0.2) is 0 Å². The van der Waals surface area contributed by atoms with Crippen LogP contribution in [0.2, 0.25) is 0 Å². The summed E-state index contributed by atoms with van der Waals surface area (Å²) >= 11 is 0. The van der Waals surface area contributed by atoms with Crippen LogP contribution in [0.25, 0.3) is 0 Å². The smallest absolute Gasteiger partial charge is 0.317 e. The average Bonchev–Trinajstić information content (AvgIpc) is 2.92. The molecule has 0 amide bonds. The highest BCUT2D eigenvalue weighted by Gasteiger charge is 2.43. The number of nitrogens with one attached hydrogen (secondary N) is 1. The van der Waals surface area contributed by atoms with Gasteiger partial charge in [-0.15, -0.1) is 0 Å². The Hall–Kier alpha value is -1.12. The summed E-state index contributed by atoms with van der Waals surface area (Å²) in [5.41, 5.74) is -0.964. The van der Waals surface area contributed by atoms with Crippen molar-refractivity contribution in [1.29, 1.82) is 0 Å². The average molecular weight is 348 g/mol. The molecule has 2 aliphatic heterocycles. The molecule has 0 atom stereocenters. The number of benzene rings is 1. The van der Waals surface area contributed by atoms with Crippen molar-refractivity contribution in [3.63, 3.8) is 0 Å². The van der Waals surface area contributed by atoms with E-state index in [0.717, 1.165) is 50.6 Å². The summed E-state index contributed by atoms with van der Waals surface area (Å²) in [5, 5.41) is 3.25. The summed E-state index contributed by atoms with van der Waals surface area (Å²) in [7, 11) is -3.88. The SMILES string of the molecule is O=S(=O)(c1cccc(C(F)(F)F)c1)N1CCC2(CCNCC2)C1. The van der Waals surface area contributed by atoms with Gasteiger partial charge in [-0.25, -0.2) is 8.42 Å². The Labute approximate surface area is 133 Å². The van der Waals surface area contributed by atoms with Crippen molar-refractivity contribution in [2.24, 2.45) is 5.41 Å². The number of nitrogens with zero attached hydrogens (tertiary/aromatic N) is 1. The van der Waals surface area contributed by atoms with Crippen LogP contribution in [0, 0.1) is 5.41 Å². The zero-order valence-corrected chi connectivity index (χ0v) is 13.4. The van der Waals surface area contributed by atoms with E-state index in [4.69, 9.17) is 0 Å². The quantitative estimate of drug-likeness (QED) is 0.893. The summed E-state index contributed by atoms with van der Waals surface area (Å²) in [6.07, 6.45) is -1.97. The molecule has 3 rings (SSSR count). The third-order valence-electron chi connectivity index (χ3n) is 4.87. The molecule has 4 nitrogen and oxygen atoms in total. The van der Waals surface area contributed by atoms with Crippen molar-refractivity contribution in [3.8, 4) is 0 Å². The van der Waals surface area contributed by atoms with E-state index in [9.17, 15) is 21.6 Å². The Morgan fingerprint density at radius 2 is 1.83 bits per heavy atom. The molecule has 1 aromatic rings. The molecule has 0 radical (unpaired) electrons. The van der Waals surface area contributed by atoms with Gasteiger partial charge in [-0.05, 0) is 56.0 Å². The topological polar surface area (TPSA) is 49.4 Å². The minimum absolute atomic E-state index is 0.0278.